The van der Waals surface area contributed by atoms with Crippen LogP contribution in [0.1, 0.15) is 47.2 Å². The number of benzene rings is 10. The number of hydrogen-bond acceptors (Lipinski definition) is 1. The van der Waals surface area contributed by atoms with Crippen molar-refractivity contribution in [1.82, 2.24) is 4.57 Å². The second-order valence-electron chi connectivity index (χ2n) is 18.8. The molecule has 0 atom stereocenters. The van der Waals surface area contributed by atoms with Gasteiger partial charge in [-0.3, -0.25) is 0 Å². The molecule has 10 aromatic carbocycles. The summed E-state index contributed by atoms with van der Waals surface area (Å²) in [5.41, 5.74) is 24.4. The molecule has 310 valence electrons. The van der Waals surface area contributed by atoms with E-state index in [4.69, 9.17) is 0 Å². The van der Waals surface area contributed by atoms with E-state index in [1.165, 1.54) is 105 Å². The predicted octanol–water partition coefficient (Wildman–Crippen LogP) is 16.6. The van der Waals surface area contributed by atoms with Crippen molar-refractivity contribution in [3.8, 4) is 50.2 Å². The Labute approximate surface area is 385 Å². The Hall–Kier alpha value is -8.20. The number of hydrogen-bond donors (Lipinski definition) is 0. The summed E-state index contributed by atoms with van der Waals surface area (Å²) in [5.74, 6) is 0. The number of aromatic nitrogens is 1. The summed E-state index contributed by atoms with van der Waals surface area (Å²) in [6.07, 6.45) is 0. The molecule has 2 heteroatoms. The Morgan fingerprint density at radius 3 is 1.61 bits per heavy atom. The Balaban J connectivity index is 1.06. The number of anilines is 3. The molecule has 0 radical (unpaired) electrons. The molecule has 2 heterocycles. The molecule has 0 amide bonds. The Kier molecular flexibility index (Phi) is 7.70. The van der Waals surface area contributed by atoms with Gasteiger partial charge in [-0.25, -0.2) is 0 Å². The second-order valence-corrected chi connectivity index (χ2v) is 18.8. The van der Waals surface area contributed by atoms with Crippen molar-refractivity contribution in [1.29, 1.82) is 0 Å². The summed E-state index contributed by atoms with van der Waals surface area (Å²) in [4.78, 5) is 2.53. The van der Waals surface area contributed by atoms with Gasteiger partial charge in [0.2, 0.25) is 0 Å². The SMILES string of the molecule is CC1(C)c2ccccc2-c2ccc(N(c3ccc4c(c3)C3(c5ccccc5-c5ccccc53)c3cccc5c6ccccc6n-4c35)c3ccccc3-c3ccc(-c4ccccc4)cc3)cc21. The van der Waals surface area contributed by atoms with Crippen LogP contribution >= 0.6 is 0 Å². The van der Waals surface area contributed by atoms with E-state index in [2.05, 4.69) is 254 Å². The third-order valence-electron chi connectivity index (χ3n) is 15.2. The van der Waals surface area contributed by atoms with Crippen molar-refractivity contribution in [2.45, 2.75) is 24.7 Å². The lowest BCUT2D eigenvalue weighted by molar-refractivity contribution is 0.660. The first-order valence-electron chi connectivity index (χ1n) is 23.2. The quantitative estimate of drug-likeness (QED) is 0.168. The molecule has 2 nitrogen and oxygen atoms in total. The zero-order valence-corrected chi connectivity index (χ0v) is 36.8. The van der Waals surface area contributed by atoms with Gasteiger partial charge in [0.25, 0.3) is 0 Å². The molecule has 1 aromatic heterocycles. The van der Waals surface area contributed by atoms with Crippen molar-refractivity contribution in [2.75, 3.05) is 4.90 Å². The average molecular weight is 841 g/mol. The van der Waals surface area contributed by atoms with Crippen molar-refractivity contribution < 1.29 is 0 Å². The van der Waals surface area contributed by atoms with Crippen molar-refractivity contribution in [3.63, 3.8) is 0 Å². The van der Waals surface area contributed by atoms with E-state index >= 15 is 0 Å². The molecule has 1 aliphatic heterocycles. The maximum absolute atomic E-state index is 2.55. The van der Waals surface area contributed by atoms with Gasteiger partial charge >= 0.3 is 0 Å². The Bertz CT molecular complexity index is 3750. The molecule has 14 rings (SSSR count). The normalized spacial score (nSPS) is 14.2. The minimum atomic E-state index is -0.567. The number of rotatable bonds is 5. The highest BCUT2D eigenvalue weighted by Crippen LogP contribution is 2.62. The third kappa shape index (κ3) is 4.91. The van der Waals surface area contributed by atoms with Gasteiger partial charge in [0.05, 0.1) is 27.8 Å². The third-order valence-corrected chi connectivity index (χ3v) is 15.2. The molecule has 0 N–H and O–H groups in total. The van der Waals surface area contributed by atoms with Crippen LogP contribution in [0.5, 0.6) is 0 Å². The van der Waals surface area contributed by atoms with Crippen LogP contribution in [0.4, 0.5) is 17.1 Å². The molecule has 11 aromatic rings. The fraction of sp³-hybridized carbons (Fsp3) is 0.0625. The maximum Gasteiger partial charge on any atom is 0.0755 e. The maximum atomic E-state index is 2.55. The first-order chi connectivity index (χ1) is 32.5. The van der Waals surface area contributed by atoms with Gasteiger partial charge < -0.3 is 9.47 Å². The van der Waals surface area contributed by atoms with Crippen LogP contribution in [0.25, 0.3) is 72.0 Å². The largest absolute Gasteiger partial charge is 0.310 e. The van der Waals surface area contributed by atoms with Crippen molar-refractivity contribution in [2.24, 2.45) is 0 Å². The van der Waals surface area contributed by atoms with E-state index in [1.54, 1.807) is 0 Å². The minimum absolute atomic E-state index is 0.165. The van der Waals surface area contributed by atoms with Gasteiger partial charge in [0.1, 0.15) is 0 Å². The summed E-state index contributed by atoms with van der Waals surface area (Å²) in [6, 6.07) is 86.4. The van der Waals surface area contributed by atoms with Crippen LogP contribution in [0.3, 0.4) is 0 Å². The number of para-hydroxylation sites is 3. The molecule has 0 unspecified atom stereocenters. The van der Waals surface area contributed by atoms with Crippen LogP contribution in [-0.4, -0.2) is 4.57 Å². The van der Waals surface area contributed by atoms with E-state index in [1.807, 2.05) is 0 Å². The summed E-state index contributed by atoms with van der Waals surface area (Å²) in [7, 11) is 0. The number of fused-ring (bicyclic) bond motifs is 15. The highest BCUT2D eigenvalue weighted by molar-refractivity contribution is 6.13. The van der Waals surface area contributed by atoms with Crippen molar-refractivity contribution >= 4 is 38.9 Å². The smallest absolute Gasteiger partial charge is 0.0755 e. The topological polar surface area (TPSA) is 8.17 Å². The van der Waals surface area contributed by atoms with Gasteiger partial charge in [-0.1, -0.05) is 202 Å². The fourth-order valence-electron chi connectivity index (χ4n) is 12.3. The van der Waals surface area contributed by atoms with Crippen LogP contribution in [-0.2, 0) is 10.8 Å². The summed E-state index contributed by atoms with van der Waals surface area (Å²) in [6.45, 7) is 4.76. The van der Waals surface area contributed by atoms with Crippen LogP contribution < -0.4 is 4.90 Å². The molecule has 0 saturated heterocycles. The van der Waals surface area contributed by atoms with Crippen LogP contribution in [0, 0.1) is 0 Å². The summed E-state index contributed by atoms with van der Waals surface area (Å²) < 4.78 is 2.55. The molecule has 1 spiro atoms. The average Bonchev–Trinajstić information content (AvgIpc) is 3.96. The second kappa shape index (κ2) is 13.7. The zero-order valence-electron chi connectivity index (χ0n) is 36.8. The molecule has 0 fully saturated rings. The zero-order chi connectivity index (χ0) is 43.7. The standard InChI is InChI=1S/C64H44N2/c1-63(2)53-25-11-6-20-47(53)50-37-35-44(39-57(50)63)65(59-29-14-9-19-46(59)43-33-31-42(32-34-43)41-17-4-3-5-18-41)45-36-38-61-58(40-45)64(54-26-12-7-21-48(54)49-22-8-13-27-55(49)64)56-28-16-24-52-51-23-10-15-30-60(51)66(61)62(52)56/h3-40H,1-2H3. The molecule has 2 aliphatic carbocycles. The lowest BCUT2D eigenvalue weighted by Crippen LogP contribution is -2.33. The van der Waals surface area contributed by atoms with E-state index in [0.29, 0.717) is 0 Å². The number of nitrogens with zero attached hydrogens (tertiary/aromatic N) is 2. The molecule has 66 heavy (non-hydrogen) atoms. The molecular formula is C64H44N2. The van der Waals surface area contributed by atoms with Gasteiger partial charge in [-0.15, -0.1) is 0 Å². The van der Waals surface area contributed by atoms with E-state index in [-0.39, 0.29) is 5.41 Å². The predicted molar refractivity (Wildman–Crippen MR) is 275 cm³/mol. The Morgan fingerprint density at radius 2 is 0.864 bits per heavy atom. The van der Waals surface area contributed by atoms with E-state index in [9.17, 15) is 0 Å². The monoisotopic (exact) mass is 840 g/mol. The summed E-state index contributed by atoms with van der Waals surface area (Å²) in [5, 5.41) is 2.56. The van der Waals surface area contributed by atoms with E-state index < -0.39 is 5.41 Å². The highest BCUT2D eigenvalue weighted by Gasteiger charge is 2.51. The first kappa shape index (κ1) is 37.2. The van der Waals surface area contributed by atoms with Crippen LogP contribution in [0.2, 0.25) is 0 Å². The summed E-state index contributed by atoms with van der Waals surface area (Å²) >= 11 is 0. The molecule has 3 aliphatic rings. The molecular weight excluding hydrogens is 797 g/mol. The van der Waals surface area contributed by atoms with Gasteiger partial charge in [0, 0.05) is 33.1 Å². The Morgan fingerprint density at radius 1 is 0.348 bits per heavy atom. The van der Waals surface area contributed by atoms with Crippen molar-refractivity contribution in [3.05, 3.63) is 264 Å². The first-order valence-corrected chi connectivity index (χ1v) is 23.2. The lowest BCUT2D eigenvalue weighted by atomic mass is 9.65. The van der Waals surface area contributed by atoms with Gasteiger partial charge in [-0.2, -0.15) is 0 Å². The lowest BCUT2D eigenvalue weighted by Gasteiger charge is -2.40. The molecule has 0 saturated carbocycles. The van der Waals surface area contributed by atoms with Gasteiger partial charge in [-0.05, 0) is 115 Å². The van der Waals surface area contributed by atoms with E-state index in [0.717, 1.165) is 17.1 Å². The fourth-order valence-corrected chi connectivity index (χ4v) is 12.3. The minimum Gasteiger partial charge on any atom is -0.310 e. The van der Waals surface area contributed by atoms with Crippen LogP contribution in [0.15, 0.2) is 231 Å². The molecule has 0 bridgehead atoms. The highest BCUT2D eigenvalue weighted by atomic mass is 15.1. The van der Waals surface area contributed by atoms with Gasteiger partial charge in [0.15, 0.2) is 0 Å².